The number of amides is 2. The Bertz CT molecular complexity index is 440. The van der Waals surface area contributed by atoms with Crippen molar-refractivity contribution in [3.05, 3.63) is 23.7 Å². The molecule has 0 unspecified atom stereocenters. The first kappa shape index (κ1) is 14.9. The fourth-order valence-electron chi connectivity index (χ4n) is 2.84. The predicted octanol–water partition coefficient (Wildman–Crippen LogP) is 2.21. The molecule has 1 aliphatic heterocycles. The Hall–Kier alpha value is -1.49. The zero-order valence-electron chi connectivity index (χ0n) is 12.7. The highest BCUT2D eigenvalue weighted by Gasteiger charge is 2.28. The van der Waals surface area contributed by atoms with Gasteiger partial charge in [-0.25, -0.2) is 4.79 Å². The SMILES string of the molecule is CCN(CC)[C@@H]1CCN(C(=O)NCc2ccoc2C)C1. The minimum Gasteiger partial charge on any atom is -0.469 e. The minimum absolute atomic E-state index is 0.0280. The van der Waals surface area contributed by atoms with Crippen molar-refractivity contribution in [3.63, 3.8) is 0 Å². The average Bonchev–Trinajstić information content (AvgIpc) is 3.07. The molecule has 0 spiro atoms. The van der Waals surface area contributed by atoms with E-state index in [1.807, 2.05) is 17.9 Å². The molecule has 112 valence electrons. The van der Waals surface area contributed by atoms with E-state index in [2.05, 4.69) is 24.1 Å². The second kappa shape index (κ2) is 6.79. The summed E-state index contributed by atoms with van der Waals surface area (Å²) < 4.78 is 5.23. The first-order chi connectivity index (χ1) is 9.65. The van der Waals surface area contributed by atoms with Gasteiger partial charge in [-0.3, -0.25) is 4.90 Å². The van der Waals surface area contributed by atoms with E-state index in [-0.39, 0.29) is 6.03 Å². The number of hydrogen-bond donors (Lipinski definition) is 1. The van der Waals surface area contributed by atoms with Gasteiger partial charge in [-0.05, 0) is 32.5 Å². The third-order valence-corrected chi connectivity index (χ3v) is 4.18. The van der Waals surface area contributed by atoms with Gasteiger partial charge in [0, 0.05) is 31.2 Å². The lowest BCUT2D eigenvalue weighted by atomic mass is 10.2. The number of likely N-dealkylation sites (N-methyl/N-ethyl adjacent to an activating group) is 1. The number of rotatable bonds is 5. The van der Waals surface area contributed by atoms with Gasteiger partial charge in [0.25, 0.3) is 0 Å². The van der Waals surface area contributed by atoms with Crippen molar-refractivity contribution in [1.82, 2.24) is 15.1 Å². The van der Waals surface area contributed by atoms with Crippen LogP contribution in [0.2, 0.25) is 0 Å². The highest BCUT2D eigenvalue weighted by atomic mass is 16.3. The van der Waals surface area contributed by atoms with Crippen molar-refractivity contribution in [2.24, 2.45) is 0 Å². The molecular weight excluding hydrogens is 254 g/mol. The molecular formula is C15H25N3O2. The number of hydrogen-bond acceptors (Lipinski definition) is 3. The Kier molecular flexibility index (Phi) is 5.06. The maximum atomic E-state index is 12.2. The molecule has 0 saturated carbocycles. The average molecular weight is 279 g/mol. The van der Waals surface area contributed by atoms with Crippen LogP contribution in [0.25, 0.3) is 0 Å². The lowest BCUT2D eigenvalue weighted by molar-refractivity contribution is 0.192. The molecule has 20 heavy (non-hydrogen) atoms. The van der Waals surface area contributed by atoms with Crippen LogP contribution in [0.15, 0.2) is 16.7 Å². The summed E-state index contributed by atoms with van der Waals surface area (Å²) in [6.07, 6.45) is 2.73. The van der Waals surface area contributed by atoms with Crippen molar-refractivity contribution >= 4 is 6.03 Å². The summed E-state index contributed by atoms with van der Waals surface area (Å²) in [6.45, 7) is 10.6. The minimum atomic E-state index is 0.0280. The van der Waals surface area contributed by atoms with Gasteiger partial charge in [-0.2, -0.15) is 0 Å². The highest BCUT2D eigenvalue weighted by molar-refractivity contribution is 5.74. The number of nitrogens with one attached hydrogen (secondary N) is 1. The Morgan fingerprint density at radius 3 is 2.85 bits per heavy atom. The zero-order valence-corrected chi connectivity index (χ0v) is 12.7. The van der Waals surface area contributed by atoms with E-state index < -0.39 is 0 Å². The summed E-state index contributed by atoms with van der Waals surface area (Å²) >= 11 is 0. The smallest absolute Gasteiger partial charge is 0.317 e. The van der Waals surface area contributed by atoms with E-state index >= 15 is 0 Å². The van der Waals surface area contributed by atoms with Gasteiger partial charge in [-0.1, -0.05) is 13.8 Å². The number of likely N-dealkylation sites (tertiary alicyclic amines) is 1. The van der Waals surface area contributed by atoms with E-state index in [1.165, 1.54) is 0 Å². The first-order valence-corrected chi connectivity index (χ1v) is 7.45. The van der Waals surface area contributed by atoms with E-state index in [1.54, 1.807) is 6.26 Å². The highest BCUT2D eigenvalue weighted by Crippen LogP contribution is 2.15. The molecule has 2 heterocycles. The van der Waals surface area contributed by atoms with Gasteiger partial charge in [0.1, 0.15) is 5.76 Å². The second-order valence-electron chi connectivity index (χ2n) is 5.27. The molecule has 5 heteroatoms. The van der Waals surface area contributed by atoms with Gasteiger partial charge < -0.3 is 14.6 Å². The van der Waals surface area contributed by atoms with E-state index in [4.69, 9.17) is 4.42 Å². The standard InChI is InChI=1S/C15H25N3O2/c1-4-17(5-2)14-6-8-18(11-14)15(19)16-10-13-7-9-20-12(13)3/h7,9,14H,4-6,8,10-11H2,1-3H3,(H,16,19)/t14-/m1/s1. The predicted molar refractivity (Wildman–Crippen MR) is 78.6 cm³/mol. The van der Waals surface area contributed by atoms with Crippen molar-refractivity contribution in [2.45, 2.75) is 39.8 Å². The lowest BCUT2D eigenvalue weighted by Gasteiger charge is -2.26. The van der Waals surface area contributed by atoms with Crippen molar-refractivity contribution < 1.29 is 9.21 Å². The first-order valence-electron chi connectivity index (χ1n) is 7.45. The number of nitrogens with zero attached hydrogens (tertiary/aromatic N) is 2. The summed E-state index contributed by atoms with van der Waals surface area (Å²) in [5, 5.41) is 2.97. The Labute approximate surface area is 120 Å². The summed E-state index contributed by atoms with van der Waals surface area (Å²) in [5.74, 6) is 0.868. The molecule has 1 aromatic rings. The molecule has 0 aromatic carbocycles. The second-order valence-corrected chi connectivity index (χ2v) is 5.27. The molecule has 2 amide bonds. The van der Waals surface area contributed by atoms with Gasteiger partial charge in [-0.15, -0.1) is 0 Å². The molecule has 0 aliphatic carbocycles. The summed E-state index contributed by atoms with van der Waals surface area (Å²) in [4.78, 5) is 16.5. The summed E-state index contributed by atoms with van der Waals surface area (Å²) in [7, 11) is 0. The lowest BCUT2D eigenvalue weighted by Crippen LogP contribution is -2.42. The normalized spacial score (nSPS) is 18.8. The van der Waals surface area contributed by atoms with Crippen LogP contribution in [0.4, 0.5) is 4.79 Å². The van der Waals surface area contributed by atoms with Crippen LogP contribution < -0.4 is 5.32 Å². The topological polar surface area (TPSA) is 48.7 Å². The molecule has 1 aromatic heterocycles. The van der Waals surface area contributed by atoms with Crippen LogP contribution in [-0.4, -0.2) is 48.1 Å². The molecule has 1 atom stereocenters. The number of carbonyl (C=O) groups is 1. The molecule has 1 saturated heterocycles. The van der Waals surface area contributed by atoms with Crippen molar-refractivity contribution in [1.29, 1.82) is 0 Å². The van der Waals surface area contributed by atoms with Crippen molar-refractivity contribution in [2.75, 3.05) is 26.2 Å². The van der Waals surface area contributed by atoms with Crippen LogP contribution in [0, 0.1) is 6.92 Å². The van der Waals surface area contributed by atoms with E-state index in [0.29, 0.717) is 12.6 Å². The monoisotopic (exact) mass is 279 g/mol. The number of urea groups is 1. The Morgan fingerprint density at radius 2 is 2.25 bits per heavy atom. The number of carbonyl (C=O) groups excluding carboxylic acids is 1. The zero-order chi connectivity index (χ0) is 14.5. The van der Waals surface area contributed by atoms with Crippen LogP contribution in [-0.2, 0) is 6.54 Å². The fraction of sp³-hybridized carbons (Fsp3) is 0.667. The van der Waals surface area contributed by atoms with Crippen molar-refractivity contribution in [3.8, 4) is 0 Å². The fourth-order valence-corrected chi connectivity index (χ4v) is 2.84. The largest absolute Gasteiger partial charge is 0.469 e. The Balaban J connectivity index is 1.81. The quantitative estimate of drug-likeness (QED) is 0.899. The number of furan rings is 1. The summed E-state index contributed by atoms with van der Waals surface area (Å²) in [5.41, 5.74) is 1.04. The molecule has 2 rings (SSSR count). The van der Waals surface area contributed by atoms with Crippen LogP contribution in [0.3, 0.4) is 0 Å². The van der Waals surface area contributed by atoms with Gasteiger partial charge in [0.05, 0.1) is 6.26 Å². The molecule has 0 bridgehead atoms. The van der Waals surface area contributed by atoms with Gasteiger partial charge in [0.2, 0.25) is 0 Å². The van der Waals surface area contributed by atoms with Gasteiger partial charge >= 0.3 is 6.03 Å². The molecule has 1 fully saturated rings. The van der Waals surface area contributed by atoms with E-state index in [0.717, 1.165) is 43.9 Å². The van der Waals surface area contributed by atoms with Crippen LogP contribution in [0.5, 0.6) is 0 Å². The molecule has 1 aliphatic rings. The summed E-state index contributed by atoms with van der Waals surface area (Å²) in [6, 6.07) is 2.44. The third-order valence-electron chi connectivity index (χ3n) is 4.18. The maximum absolute atomic E-state index is 12.2. The van der Waals surface area contributed by atoms with E-state index in [9.17, 15) is 4.79 Å². The van der Waals surface area contributed by atoms with Crippen LogP contribution in [0.1, 0.15) is 31.6 Å². The molecule has 0 radical (unpaired) electrons. The number of aryl methyl sites for hydroxylation is 1. The Morgan fingerprint density at radius 1 is 1.50 bits per heavy atom. The molecule has 1 N–H and O–H groups in total. The van der Waals surface area contributed by atoms with Gasteiger partial charge in [0.15, 0.2) is 0 Å². The molecule has 5 nitrogen and oxygen atoms in total. The maximum Gasteiger partial charge on any atom is 0.317 e. The van der Waals surface area contributed by atoms with Crippen LogP contribution >= 0.6 is 0 Å². The third kappa shape index (κ3) is 3.33.